The maximum absolute atomic E-state index is 6.20. The molecular formula is C14H19Cl2N. The zero-order chi connectivity index (χ0) is 12.3. The minimum atomic E-state index is 0.769. The van der Waals surface area contributed by atoms with Crippen molar-refractivity contribution >= 4 is 23.2 Å². The SMILES string of the molecule is CCNCC1CCC1Cc1cc(Cl)ccc1Cl. The molecule has 1 nitrogen and oxygen atoms in total. The van der Waals surface area contributed by atoms with E-state index >= 15 is 0 Å². The normalized spacial score (nSPS) is 23.5. The molecule has 2 atom stereocenters. The first-order chi connectivity index (χ1) is 8.20. The Morgan fingerprint density at radius 3 is 2.65 bits per heavy atom. The Labute approximate surface area is 114 Å². The molecule has 0 spiro atoms. The highest BCUT2D eigenvalue weighted by Gasteiger charge is 2.30. The van der Waals surface area contributed by atoms with E-state index in [1.54, 1.807) is 0 Å². The van der Waals surface area contributed by atoms with Crippen LogP contribution >= 0.6 is 23.2 Å². The molecule has 1 aromatic rings. The third kappa shape index (κ3) is 3.37. The Bertz CT molecular complexity index is 378. The minimum absolute atomic E-state index is 0.769. The number of rotatable bonds is 5. The molecule has 0 aromatic heterocycles. The van der Waals surface area contributed by atoms with Gasteiger partial charge in [0.2, 0.25) is 0 Å². The average molecular weight is 272 g/mol. The van der Waals surface area contributed by atoms with Gasteiger partial charge >= 0.3 is 0 Å². The first-order valence-corrected chi connectivity index (χ1v) is 7.11. The minimum Gasteiger partial charge on any atom is -0.317 e. The van der Waals surface area contributed by atoms with E-state index in [1.165, 1.54) is 18.4 Å². The van der Waals surface area contributed by atoms with Gasteiger partial charge in [-0.15, -0.1) is 0 Å². The lowest BCUT2D eigenvalue weighted by Crippen LogP contribution is -2.36. The largest absolute Gasteiger partial charge is 0.317 e. The third-order valence-electron chi connectivity index (χ3n) is 3.72. The van der Waals surface area contributed by atoms with Crippen molar-refractivity contribution < 1.29 is 0 Å². The van der Waals surface area contributed by atoms with E-state index in [1.807, 2.05) is 18.2 Å². The first kappa shape index (κ1) is 13.2. The predicted octanol–water partition coefficient (Wildman–Crippen LogP) is 4.17. The van der Waals surface area contributed by atoms with Crippen molar-refractivity contribution in [2.45, 2.75) is 26.2 Å². The highest BCUT2D eigenvalue weighted by atomic mass is 35.5. The van der Waals surface area contributed by atoms with Gasteiger partial charge in [-0.2, -0.15) is 0 Å². The van der Waals surface area contributed by atoms with Crippen molar-refractivity contribution in [3.05, 3.63) is 33.8 Å². The Balaban J connectivity index is 1.94. The molecular weight excluding hydrogens is 253 g/mol. The number of halogens is 2. The molecule has 0 heterocycles. The first-order valence-electron chi connectivity index (χ1n) is 6.35. The number of hydrogen-bond donors (Lipinski definition) is 1. The van der Waals surface area contributed by atoms with Gasteiger partial charge in [0.25, 0.3) is 0 Å². The van der Waals surface area contributed by atoms with Crippen LogP contribution in [0.15, 0.2) is 18.2 Å². The highest BCUT2D eigenvalue weighted by Crippen LogP contribution is 2.38. The van der Waals surface area contributed by atoms with Gasteiger partial charge < -0.3 is 5.32 Å². The smallest absolute Gasteiger partial charge is 0.0439 e. The fraction of sp³-hybridized carbons (Fsp3) is 0.571. The van der Waals surface area contributed by atoms with Crippen LogP contribution in [-0.2, 0) is 6.42 Å². The summed E-state index contributed by atoms with van der Waals surface area (Å²) in [5, 5.41) is 5.07. The van der Waals surface area contributed by atoms with Gasteiger partial charge in [-0.05, 0) is 68.0 Å². The van der Waals surface area contributed by atoms with Crippen molar-refractivity contribution in [1.82, 2.24) is 5.32 Å². The summed E-state index contributed by atoms with van der Waals surface area (Å²) >= 11 is 12.2. The van der Waals surface area contributed by atoms with Crippen molar-refractivity contribution in [2.24, 2.45) is 11.8 Å². The van der Waals surface area contributed by atoms with E-state index in [0.717, 1.165) is 41.4 Å². The summed E-state index contributed by atoms with van der Waals surface area (Å²) in [5.41, 5.74) is 1.20. The van der Waals surface area contributed by atoms with Gasteiger partial charge in [-0.3, -0.25) is 0 Å². The summed E-state index contributed by atoms with van der Waals surface area (Å²) < 4.78 is 0. The second kappa shape index (κ2) is 6.08. The summed E-state index contributed by atoms with van der Waals surface area (Å²) in [6.07, 6.45) is 3.73. The van der Waals surface area contributed by atoms with Crippen LogP contribution in [0.5, 0.6) is 0 Å². The van der Waals surface area contributed by atoms with E-state index in [2.05, 4.69) is 12.2 Å². The van der Waals surface area contributed by atoms with Gasteiger partial charge in [-0.25, -0.2) is 0 Å². The zero-order valence-electron chi connectivity index (χ0n) is 10.2. The summed E-state index contributed by atoms with van der Waals surface area (Å²) in [6, 6.07) is 5.76. The van der Waals surface area contributed by atoms with Gasteiger partial charge in [0, 0.05) is 10.0 Å². The molecule has 1 aliphatic rings. The molecule has 3 heteroatoms. The lowest BCUT2D eigenvalue weighted by atomic mass is 9.70. The van der Waals surface area contributed by atoms with Crippen molar-refractivity contribution in [3.8, 4) is 0 Å². The van der Waals surface area contributed by atoms with Crippen LogP contribution in [0.1, 0.15) is 25.3 Å². The molecule has 0 bridgehead atoms. The van der Waals surface area contributed by atoms with Crippen LogP contribution in [0.25, 0.3) is 0 Å². The van der Waals surface area contributed by atoms with Crippen LogP contribution in [-0.4, -0.2) is 13.1 Å². The molecule has 0 aliphatic heterocycles. The van der Waals surface area contributed by atoms with Crippen molar-refractivity contribution in [1.29, 1.82) is 0 Å². The van der Waals surface area contributed by atoms with Crippen LogP contribution in [0.2, 0.25) is 10.0 Å². The van der Waals surface area contributed by atoms with Crippen molar-refractivity contribution in [3.63, 3.8) is 0 Å². The van der Waals surface area contributed by atoms with Crippen molar-refractivity contribution in [2.75, 3.05) is 13.1 Å². The van der Waals surface area contributed by atoms with E-state index < -0.39 is 0 Å². The molecule has 1 aliphatic carbocycles. The zero-order valence-corrected chi connectivity index (χ0v) is 11.7. The van der Waals surface area contributed by atoms with Crippen LogP contribution in [0.3, 0.4) is 0 Å². The monoisotopic (exact) mass is 271 g/mol. The summed E-state index contributed by atoms with van der Waals surface area (Å²) in [6.45, 7) is 4.35. The highest BCUT2D eigenvalue weighted by molar-refractivity contribution is 6.33. The van der Waals surface area contributed by atoms with E-state index in [0.29, 0.717) is 0 Å². The lowest BCUT2D eigenvalue weighted by Gasteiger charge is -2.37. The molecule has 94 valence electrons. The topological polar surface area (TPSA) is 12.0 Å². The molecule has 1 saturated carbocycles. The fourth-order valence-corrected chi connectivity index (χ4v) is 2.88. The molecule has 0 amide bonds. The second-order valence-corrected chi connectivity index (χ2v) is 5.69. The Kier molecular flexibility index (Phi) is 4.72. The van der Waals surface area contributed by atoms with Gasteiger partial charge in [-0.1, -0.05) is 30.1 Å². The van der Waals surface area contributed by atoms with Crippen LogP contribution in [0.4, 0.5) is 0 Å². The predicted molar refractivity (Wildman–Crippen MR) is 74.9 cm³/mol. The number of nitrogens with one attached hydrogen (secondary N) is 1. The molecule has 17 heavy (non-hydrogen) atoms. The Morgan fingerprint density at radius 1 is 1.24 bits per heavy atom. The maximum atomic E-state index is 6.20. The summed E-state index contributed by atoms with van der Waals surface area (Å²) in [5.74, 6) is 1.58. The van der Waals surface area contributed by atoms with E-state index in [-0.39, 0.29) is 0 Å². The summed E-state index contributed by atoms with van der Waals surface area (Å²) in [4.78, 5) is 0. The van der Waals surface area contributed by atoms with Gasteiger partial charge in [0.05, 0.1) is 0 Å². The Morgan fingerprint density at radius 2 is 2.00 bits per heavy atom. The lowest BCUT2D eigenvalue weighted by molar-refractivity contribution is 0.172. The van der Waals surface area contributed by atoms with Gasteiger partial charge in [0.15, 0.2) is 0 Å². The van der Waals surface area contributed by atoms with Crippen LogP contribution < -0.4 is 5.32 Å². The molecule has 0 radical (unpaired) electrons. The molecule has 1 aromatic carbocycles. The average Bonchev–Trinajstić information content (AvgIpc) is 2.29. The third-order valence-corrected chi connectivity index (χ3v) is 4.33. The van der Waals surface area contributed by atoms with Crippen LogP contribution in [0, 0.1) is 11.8 Å². The molecule has 1 fully saturated rings. The maximum Gasteiger partial charge on any atom is 0.0439 e. The molecule has 1 N–H and O–H groups in total. The quantitative estimate of drug-likeness (QED) is 0.848. The van der Waals surface area contributed by atoms with E-state index in [9.17, 15) is 0 Å². The molecule has 0 saturated heterocycles. The van der Waals surface area contributed by atoms with E-state index in [4.69, 9.17) is 23.2 Å². The standard InChI is InChI=1S/C14H19Cl2N/c1-2-17-9-11-4-3-10(11)7-12-8-13(15)5-6-14(12)16/h5-6,8,10-11,17H,2-4,7,9H2,1H3. The fourth-order valence-electron chi connectivity index (χ4n) is 2.49. The molecule has 2 unspecified atom stereocenters. The van der Waals surface area contributed by atoms with Gasteiger partial charge in [0.1, 0.15) is 0 Å². The summed E-state index contributed by atoms with van der Waals surface area (Å²) in [7, 11) is 0. The second-order valence-electron chi connectivity index (χ2n) is 4.85. The number of hydrogen-bond acceptors (Lipinski definition) is 1. The number of benzene rings is 1. The molecule has 2 rings (SSSR count). The Hall–Kier alpha value is -0.240.